The second-order valence-corrected chi connectivity index (χ2v) is 3.43. The van der Waals surface area contributed by atoms with E-state index in [0.717, 1.165) is 0 Å². The maximum atomic E-state index is 12.2. The summed E-state index contributed by atoms with van der Waals surface area (Å²) in [5.41, 5.74) is 0. The predicted molar refractivity (Wildman–Crippen MR) is 39.3 cm³/mol. The Labute approximate surface area is 67.6 Å². The van der Waals surface area contributed by atoms with E-state index >= 15 is 0 Å². The first-order valence-corrected chi connectivity index (χ1v) is 3.93. The minimum Gasteiger partial charge on any atom is -0.386 e. The molecule has 0 aliphatic heterocycles. The molecule has 0 fully saturated rings. The van der Waals surface area contributed by atoms with Gasteiger partial charge in [0.1, 0.15) is 6.10 Å². The Morgan fingerprint density at radius 3 is 2.10 bits per heavy atom. The summed E-state index contributed by atoms with van der Waals surface area (Å²) in [6.45, 7) is 3.34. The summed E-state index contributed by atoms with van der Waals surface area (Å²) >= 11 is 2.10. The highest BCUT2D eigenvalue weighted by molar-refractivity contribution is 9.10. The molecule has 0 rings (SSSR count). The van der Waals surface area contributed by atoms with Gasteiger partial charge in [0.25, 0.3) is 0 Å². The first-order chi connectivity index (χ1) is 4.39. The van der Waals surface area contributed by atoms with Gasteiger partial charge in [-0.25, -0.2) is 0 Å². The van der Waals surface area contributed by atoms with Crippen LogP contribution in [-0.2, 0) is 0 Å². The standard InChI is InChI=1S/C6H11BrF2O/c1-3-4(2)5(10)6(7,8)9/h4-5,10H,3H2,1-2H3. The fourth-order valence-electron chi connectivity index (χ4n) is 0.546. The third-order valence-electron chi connectivity index (χ3n) is 1.52. The van der Waals surface area contributed by atoms with Gasteiger partial charge in [0, 0.05) is 0 Å². The molecule has 0 saturated heterocycles. The lowest BCUT2D eigenvalue weighted by Gasteiger charge is -2.21. The molecule has 10 heavy (non-hydrogen) atoms. The SMILES string of the molecule is CCC(C)C(O)C(F)(F)Br. The summed E-state index contributed by atoms with van der Waals surface area (Å²) < 4.78 is 24.4. The lowest BCUT2D eigenvalue weighted by atomic mass is 10.0. The van der Waals surface area contributed by atoms with E-state index in [2.05, 4.69) is 15.9 Å². The molecular formula is C6H11BrF2O. The molecule has 0 heterocycles. The van der Waals surface area contributed by atoms with Gasteiger partial charge < -0.3 is 5.11 Å². The molecule has 0 aromatic rings. The van der Waals surface area contributed by atoms with Crippen LogP contribution in [0.4, 0.5) is 8.78 Å². The van der Waals surface area contributed by atoms with Crippen molar-refractivity contribution in [1.82, 2.24) is 0 Å². The topological polar surface area (TPSA) is 20.2 Å². The van der Waals surface area contributed by atoms with Gasteiger partial charge in [0.15, 0.2) is 0 Å². The van der Waals surface area contributed by atoms with Crippen molar-refractivity contribution in [2.75, 3.05) is 0 Å². The highest BCUT2D eigenvalue weighted by atomic mass is 79.9. The second kappa shape index (κ2) is 3.62. The molecule has 0 saturated carbocycles. The number of rotatable bonds is 3. The van der Waals surface area contributed by atoms with Crippen molar-refractivity contribution < 1.29 is 13.9 Å². The van der Waals surface area contributed by atoms with Gasteiger partial charge in [0.2, 0.25) is 0 Å². The molecule has 0 bridgehead atoms. The number of aliphatic hydroxyl groups excluding tert-OH is 1. The van der Waals surface area contributed by atoms with Crippen molar-refractivity contribution in [3.05, 3.63) is 0 Å². The summed E-state index contributed by atoms with van der Waals surface area (Å²) in [6.07, 6.45) is -1.04. The fraction of sp³-hybridized carbons (Fsp3) is 1.00. The number of aliphatic hydroxyl groups is 1. The summed E-state index contributed by atoms with van der Waals surface area (Å²) in [6, 6.07) is 0. The molecule has 0 spiro atoms. The van der Waals surface area contributed by atoms with Crippen LogP contribution in [0.1, 0.15) is 20.3 Å². The zero-order valence-electron chi connectivity index (χ0n) is 5.94. The van der Waals surface area contributed by atoms with Gasteiger partial charge >= 0.3 is 4.83 Å². The normalized spacial score (nSPS) is 18.6. The fourth-order valence-corrected chi connectivity index (χ4v) is 0.997. The first-order valence-electron chi connectivity index (χ1n) is 3.14. The van der Waals surface area contributed by atoms with Gasteiger partial charge in [-0.2, -0.15) is 8.78 Å². The van der Waals surface area contributed by atoms with E-state index in [-0.39, 0.29) is 5.92 Å². The lowest BCUT2D eigenvalue weighted by Crippen LogP contribution is -2.32. The number of hydrogen-bond acceptors (Lipinski definition) is 1. The molecule has 2 unspecified atom stereocenters. The molecule has 4 heteroatoms. The van der Waals surface area contributed by atoms with Crippen molar-refractivity contribution >= 4 is 15.9 Å². The minimum atomic E-state index is -3.15. The van der Waals surface area contributed by atoms with E-state index in [4.69, 9.17) is 5.11 Å². The number of halogens is 3. The van der Waals surface area contributed by atoms with Crippen molar-refractivity contribution in [2.24, 2.45) is 5.92 Å². The molecule has 0 amide bonds. The zero-order chi connectivity index (χ0) is 8.36. The van der Waals surface area contributed by atoms with Gasteiger partial charge in [-0.05, 0) is 21.8 Å². The highest BCUT2D eigenvalue weighted by Crippen LogP contribution is 2.31. The third kappa shape index (κ3) is 2.92. The second-order valence-electron chi connectivity index (χ2n) is 2.37. The van der Waals surface area contributed by atoms with E-state index in [9.17, 15) is 8.78 Å². The molecule has 0 aromatic heterocycles. The van der Waals surface area contributed by atoms with Crippen molar-refractivity contribution in [3.8, 4) is 0 Å². The smallest absolute Gasteiger partial charge is 0.326 e. The molecule has 0 aliphatic carbocycles. The molecule has 0 radical (unpaired) electrons. The van der Waals surface area contributed by atoms with E-state index in [0.29, 0.717) is 6.42 Å². The molecule has 2 atom stereocenters. The monoisotopic (exact) mass is 216 g/mol. The third-order valence-corrected chi connectivity index (χ3v) is 1.99. The summed E-state index contributed by atoms with van der Waals surface area (Å²) in [5, 5.41) is 8.86. The van der Waals surface area contributed by atoms with Crippen molar-refractivity contribution in [3.63, 3.8) is 0 Å². The van der Waals surface area contributed by atoms with Crippen LogP contribution in [0.3, 0.4) is 0 Å². The molecule has 1 nitrogen and oxygen atoms in total. The van der Waals surface area contributed by atoms with Gasteiger partial charge in [-0.1, -0.05) is 20.3 Å². The molecule has 62 valence electrons. The maximum absolute atomic E-state index is 12.2. The van der Waals surface area contributed by atoms with Gasteiger partial charge in [0.05, 0.1) is 0 Å². The van der Waals surface area contributed by atoms with Crippen LogP contribution >= 0.6 is 15.9 Å². The molecule has 0 aliphatic rings. The van der Waals surface area contributed by atoms with E-state index in [1.165, 1.54) is 0 Å². The Morgan fingerprint density at radius 2 is 2.00 bits per heavy atom. The van der Waals surface area contributed by atoms with Crippen LogP contribution in [0.5, 0.6) is 0 Å². The quantitative estimate of drug-likeness (QED) is 0.719. The van der Waals surface area contributed by atoms with E-state index < -0.39 is 10.9 Å². The van der Waals surface area contributed by atoms with Crippen LogP contribution in [0.15, 0.2) is 0 Å². The highest BCUT2D eigenvalue weighted by Gasteiger charge is 2.37. The summed E-state index contributed by atoms with van der Waals surface area (Å²) in [5.74, 6) is -0.380. The Bertz CT molecular complexity index is 102. The van der Waals surface area contributed by atoms with E-state index in [1.807, 2.05) is 0 Å². The van der Waals surface area contributed by atoms with Crippen LogP contribution in [0, 0.1) is 5.92 Å². The van der Waals surface area contributed by atoms with E-state index in [1.54, 1.807) is 13.8 Å². The predicted octanol–water partition coefficient (Wildman–Crippen LogP) is 2.38. The lowest BCUT2D eigenvalue weighted by molar-refractivity contribution is -0.0560. The van der Waals surface area contributed by atoms with Crippen molar-refractivity contribution in [1.29, 1.82) is 0 Å². The summed E-state index contributed by atoms with van der Waals surface area (Å²) in [7, 11) is 0. The maximum Gasteiger partial charge on any atom is 0.326 e. The Balaban J connectivity index is 3.94. The Morgan fingerprint density at radius 1 is 1.60 bits per heavy atom. The largest absolute Gasteiger partial charge is 0.386 e. The number of alkyl halides is 3. The first kappa shape index (κ1) is 10.3. The number of hydrogen-bond donors (Lipinski definition) is 1. The Hall–Kier alpha value is 0.300. The van der Waals surface area contributed by atoms with Crippen LogP contribution in [0.2, 0.25) is 0 Å². The van der Waals surface area contributed by atoms with Crippen LogP contribution in [-0.4, -0.2) is 16.0 Å². The van der Waals surface area contributed by atoms with Crippen LogP contribution < -0.4 is 0 Å². The van der Waals surface area contributed by atoms with Crippen molar-refractivity contribution in [2.45, 2.75) is 31.2 Å². The summed E-state index contributed by atoms with van der Waals surface area (Å²) in [4.78, 5) is -3.15. The zero-order valence-corrected chi connectivity index (χ0v) is 7.53. The minimum absolute atomic E-state index is 0.380. The average molecular weight is 217 g/mol. The molecule has 0 aromatic carbocycles. The molecule has 1 N–H and O–H groups in total. The van der Waals surface area contributed by atoms with Gasteiger partial charge in [-0.3, -0.25) is 0 Å². The van der Waals surface area contributed by atoms with Crippen LogP contribution in [0.25, 0.3) is 0 Å². The molecular weight excluding hydrogens is 206 g/mol. The van der Waals surface area contributed by atoms with Gasteiger partial charge in [-0.15, -0.1) is 0 Å². The average Bonchev–Trinajstić information content (AvgIpc) is 1.83. The Kier molecular flexibility index (Phi) is 3.73.